The third-order valence-electron chi connectivity index (χ3n) is 4.10. The number of hydrogen-bond donors (Lipinski definition) is 0. The Balaban J connectivity index is 1.79. The molecule has 2 heterocycles. The van der Waals surface area contributed by atoms with Gasteiger partial charge in [-0.15, -0.1) is 22.7 Å². The first kappa shape index (κ1) is 12.4. The summed E-state index contributed by atoms with van der Waals surface area (Å²) in [5, 5.41) is 7.52. The topological polar surface area (TPSA) is 0 Å². The van der Waals surface area contributed by atoms with Crippen molar-refractivity contribution in [2.24, 2.45) is 0 Å². The van der Waals surface area contributed by atoms with Crippen molar-refractivity contribution in [3.63, 3.8) is 0 Å². The van der Waals surface area contributed by atoms with Crippen LogP contribution in [0.2, 0.25) is 0 Å². The van der Waals surface area contributed by atoms with E-state index in [0.29, 0.717) is 0 Å². The molecule has 0 radical (unpaired) electrons. The Hall–Kier alpha value is -2.16. The standard InChI is InChI=1S/C20H12S2/c1-2-4-13(5-3-1)19-12-17-9-16-10-18-14(6-7-21-18)8-15(16)11-20(17)22-19/h1-12H. The molecule has 0 fully saturated rings. The number of thiophene rings is 2. The summed E-state index contributed by atoms with van der Waals surface area (Å²) < 4.78 is 2.73. The zero-order valence-electron chi connectivity index (χ0n) is 11.7. The quantitative estimate of drug-likeness (QED) is 0.314. The van der Waals surface area contributed by atoms with Crippen LogP contribution in [0.3, 0.4) is 0 Å². The van der Waals surface area contributed by atoms with Crippen LogP contribution in [0.25, 0.3) is 41.4 Å². The van der Waals surface area contributed by atoms with Crippen molar-refractivity contribution in [2.45, 2.75) is 0 Å². The normalized spacial score (nSPS) is 11.6. The van der Waals surface area contributed by atoms with Crippen molar-refractivity contribution >= 4 is 53.6 Å². The highest BCUT2D eigenvalue weighted by Gasteiger charge is 2.07. The van der Waals surface area contributed by atoms with E-state index in [9.17, 15) is 0 Å². The van der Waals surface area contributed by atoms with E-state index in [1.807, 2.05) is 22.7 Å². The molecule has 0 spiro atoms. The SMILES string of the molecule is c1ccc(-c2cc3cc4cc5sccc5cc4cc3s2)cc1. The van der Waals surface area contributed by atoms with Gasteiger partial charge in [-0.1, -0.05) is 30.3 Å². The third-order valence-corrected chi connectivity index (χ3v) is 6.13. The lowest BCUT2D eigenvalue weighted by atomic mass is 10.1. The molecule has 3 aromatic carbocycles. The maximum Gasteiger partial charge on any atom is 0.0355 e. The van der Waals surface area contributed by atoms with Crippen molar-refractivity contribution in [1.82, 2.24) is 0 Å². The largest absolute Gasteiger partial charge is 0.144 e. The maximum absolute atomic E-state index is 2.33. The summed E-state index contributed by atoms with van der Waals surface area (Å²) in [6.45, 7) is 0. The van der Waals surface area contributed by atoms with Crippen LogP contribution in [0, 0.1) is 0 Å². The van der Waals surface area contributed by atoms with Crippen LogP contribution in [-0.2, 0) is 0 Å². The fourth-order valence-corrected chi connectivity index (χ4v) is 4.91. The molecular weight excluding hydrogens is 304 g/mol. The van der Waals surface area contributed by atoms with Crippen LogP contribution in [-0.4, -0.2) is 0 Å². The summed E-state index contributed by atoms with van der Waals surface area (Å²) in [7, 11) is 0. The molecule has 0 aliphatic rings. The second kappa shape index (κ2) is 4.67. The van der Waals surface area contributed by atoms with E-state index in [2.05, 4.69) is 72.1 Å². The molecule has 0 unspecified atom stereocenters. The van der Waals surface area contributed by atoms with Crippen molar-refractivity contribution in [1.29, 1.82) is 0 Å². The summed E-state index contributed by atoms with van der Waals surface area (Å²) in [5.74, 6) is 0. The number of hydrogen-bond acceptors (Lipinski definition) is 2. The monoisotopic (exact) mass is 316 g/mol. The molecule has 0 N–H and O–H groups in total. The molecule has 22 heavy (non-hydrogen) atoms. The minimum Gasteiger partial charge on any atom is -0.144 e. The molecule has 0 saturated heterocycles. The van der Waals surface area contributed by atoms with Crippen LogP contribution in [0.1, 0.15) is 0 Å². The van der Waals surface area contributed by atoms with E-state index < -0.39 is 0 Å². The molecule has 0 aliphatic carbocycles. The van der Waals surface area contributed by atoms with Gasteiger partial charge in [0, 0.05) is 14.3 Å². The highest BCUT2D eigenvalue weighted by atomic mass is 32.1. The van der Waals surface area contributed by atoms with Gasteiger partial charge in [0.05, 0.1) is 0 Å². The number of fused-ring (bicyclic) bond motifs is 3. The fourth-order valence-electron chi connectivity index (χ4n) is 2.99. The smallest absolute Gasteiger partial charge is 0.0355 e. The second-order valence-corrected chi connectivity index (χ2v) is 7.56. The van der Waals surface area contributed by atoms with E-state index in [1.165, 1.54) is 41.4 Å². The molecule has 0 bridgehead atoms. The predicted molar refractivity (Wildman–Crippen MR) is 100 cm³/mol. The summed E-state index contributed by atoms with van der Waals surface area (Å²) >= 11 is 3.69. The minimum absolute atomic E-state index is 1.30. The Bertz CT molecular complexity index is 1050. The van der Waals surface area contributed by atoms with Crippen LogP contribution in [0.5, 0.6) is 0 Å². The van der Waals surface area contributed by atoms with Gasteiger partial charge in [-0.25, -0.2) is 0 Å². The Morgan fingerprint density at radius 1 is 0.591 bits per heavy atom. The predicted octanol–water partition coefficient (Wildman–Crippen LogP) is 6.94. The summed E-state index contributed by atoms with van der Waals surface area (Å²) in [6, 6.07) is 24.4. The van der Waals surface area contributed by atoms with Gasteiger partial charge in [-0.2, -0.15) is 0 Å². The van der Waals surface area contributed by atoms with Crippen molar-refractivity contribution < 1.29 is 0 Å². The van der Waals surface area contributed by atoms with Crippen molar-refractivity contribution in [2.75, 3.05) is 0 Å². The third kappa shape index (κ3) is 1.88. The van der Waals surface area contributed by atoms with Gasteiger partial charge < -0.3 is 0 Å². The molecule has 104 valence electrons. The lowest BCUT2D eigenvalue weighted by molar-refractivity contribution is 1.70. The van der Waals surface area contributed by atoms with Crippen molar-refractivity contribution in [3.05, 3.63) is 72.1 Å². The first-order valence-electron chi connectivity index (χ1n) is 7.27. The van der Waals surface area contributed by atoms with Gasteiger partial charge in [-0.3, -0.25) is 0 Å². The van der Waals surface area contributed by atoms with E-state index >= 15 is 0 Å². The Morgan fingerprint density at radius 2 is 1.36 bits per heavy atom. The average molecular weight is 316 g/mol. The van der Waals surface area contributed by atoms with Gasteiger partial charge in [0.1, 0.15) is 0 Å². The average Bonchev–Trinajstić information content (AvgIpc) is 3.17. The summed E-state index contributed by atoms with van der Waals surface area (Å²) in [6.07, 6.45) is 0. The van der Waals surface area contributed by atoms with Crippen LogP contribution in [0.4, 0.5) is 0 Å². The zero-order valence-corrected chi connectivity index (χ0v) is 13.4. The molecule has 2 aromatic heterocycles. The van der Waals surface area contributed by atoms with Gasteiger partial charge in [0.2, 0.25) is 0 Å². The molecular formula is C20H12S2. The van der Waals surface area contributed by atoms with E-state index in [0.717, 1.165) is 0 Å². The van der Waals surface area contributed by atoms with Gasteiger partial charge >= 0.3 is 0 Å². The highest BCUT2D eigenvalue weighted by molar-refractivity contribution is 7.22. The second-order valence-electron chi connectivity index (χ2n) is 5.52. The van der Waals surface area contributed by atoms with E-state index in [4.69, 9.17) is 0 Å². The molecule has 0 nitrogen and oxygen atoms in total. The fraction of sp³-hybridized carbons (Fsp3) is 0. The minimum atomic E-state index is 1.30. The first-order valence-corrected chi connectivity index (χ1v) is 8.96. The molecule has 0 atom stereocenters. The Kier molecular flexibility index (Phi) is 2.63. The lowest BCUT2D eigenvalue weighted by Crippen LogP contribution is -1.72. The first-order chi connectivity index (χ1) is 10.9. The molecule has 5 aromatic rings. The van der Waals surface area contributed by atoms with Gasteiger partial charge in [-0.05, 0) is 68.9 Å². The van der Waals surface area contributed by atoms with Crippen LogP contribution >= 0.6 is 22.7 Å². The van der Waals surface area contributed by atoms with Gasteiger partial charge in [0.25, 0.3) is 0 Å². The number of benzene rings is 3. The molecule has 0 amide bonds. The van der Waals surface area contributed by atoms with Crippen LogP contribution < -0.4 is 0 Å². The van der Waals surface area contributed by atoms with E-state index in [1.54, 1.807) is 0 Å². The highest BCUT2D eigenvalue weighted by Crippen LogP contribution is 2.37. The molecule has 0 saturated carbocycles. The van der Waals surface area contributed by atoms with Gasteiger partial charge in [0.15, 0.2) is 0 Å². The zero-order chi connectivity index (χ0) is 14.5. The van der Waals surface area contributed by atoms with Crippen molar-refractivity contribution in [3.8, 4) is 10.4 Å². The summed E-state index contributed by atoms with van der Waals surface area (Å²) in [4.78, 5) is 1.34. The maximum atomic E-state index is 2.33. The molecule has 2 heteroatoms. The molecule has 0 aliphatic heterocycles. The lowest BCUT2D eigenvalue weighted by Gasteiger charge is -1.99. The van der Waals surface area contributed by atoms with Crippen LogP contribution in [0.15, 0.2) is 72.1 Å². The summed E-state index contributed by atoms with van der Waals surface area (Å²) in [5.41, 5.74) is 1.30. The molecule has 5 rings (SSSR count). The Morgan fingerprint density at radius 3 is 2.23 bits per heavy atom. The van der Waals surface area contributed by atoms with E-state index in [-0.39, 0.29) is 0 Å². The number of rotatable bonds is 1. The Labute approximate surface area is 136 Å².